The van der Waals surface area contributed by atoms with E-state index in [0.29, 0.717) is 11.2 Å². The van der Waals surface area contributed by atoms with Crippen molar-refractivity contribution in [2.75, 3.05) is 0 Å². The minimum atomic E-state index is -0.389. The number of nitrogens with zero attached hydrogens (tertiary/aromatic N) is 4. The Morgan fingerprint density at radius 3 is 2.33 bits per heavy atom. The average Bonchev–Trinajstić information content (AvgIpc) is 3.16. The van der Waals surface area contributed by atoms with Crippen LogP contribution in [0.5, 0.6) is 0 Å². The van der Waals surface area contributed by atoms with Gasteiger partial charge in [-0.05, 0) is 30.7 Å². The standard InChI is InChI=1S/C27H23N5O/c1-18-24-21(17-23(19-11-5-3-6-12-19)29-26(24)32(2)31-18)27(33)30-25(20-13-7-4-8-14-20)22-15-9-10-16-28-22/h3-17,25H,1-2H3,(H,30,33). The Kier molecular flexibility index (Phi) is 5.40. The van der Waals surface area contributed by atoms with Crippen LogP contribution in [0.25, 0.3) is 22.3 Å². The molecule has 3 heterocycles. The molecule has 0 radical (unpaired) electrons. The van der Waals surface area contributed by atoms with Crippen LogP contribution in [0.15, 0.2) is 91.1 Å². The number of hydrogen-bond acceptors (Lipinski definition) is 4. The third-order valence-corrected chi connectivity index (χ3v) is 5.67. The second-order valence-electron chi connectivity index (χ2n) is 7.90. The number of rotatable bonds is 5. The number of carbonyl (C=O) groups excluding carboxylic acids is 1. The van der Waals surface area contributed by atoms with E-state index in [1.165, 1.54) is 0 Å². The number of fused-ring (bicyclic) bond motifs is 1. The van der Waals surface area contributed by atoms with Crippen molar-refractivity contribution in [1.82, 2.24) is 25.1 Å². The van der Waals surface area contributed by atoms with Gasteiger partial charge in [-0.1, -0.05) is 66.7 Å². The van der Waals surface area contributed by atoms with E-state index >= 15 is 0 Å². The Hall–Kier alpha value is -4.32. The summed E-state index contributed by atoms with van der Waals surface area (Å²) in [6, 6.07) is 26.9. The summed E-state index contributed by atoms with van der Waals surface area (Å²) in [5.41, 5.74) is 5.38. The summed E-state index contributed by atoms with van der Waals surface area (Å²) in [4.78, 5) is 23.1. The zero-order valence-corrected chi connectivity index (χ0v) is 18.4. The highest BCUT2D eigenvalue weighted by atomic mass is 16.1. The molecule has 1 atom stereocenters. The van der Waals surface area contributed by atoms with Gasteiger partial charge in [0.15, 0.2) is 5.65 Å². The van der Waals surface area contributed by atoms with Crippen LogP contribution in [0.4, 0.5) is 0 Å². The fourth-order valence-corrected chi connectivity index (χ4v) is 4.11. The molecule has 0 aliphatic heterocycles. The fourth-order valence-electron chi connectivity index (χ4n) is 4.11. The van der Waals surface area contributed by atoms with E-state index in [-0.39, 0.29) is 11.9 Å². The predicted octanol–water partition coefficient (Wildman–Crippen LogP) is 4.86. The summed E-state index contributed by atoms with van der Waals surface area (Å²) in [6.07, 6.45) is 1.74. The summed E-state index contributed by atoms with van der Waals surface area (Å²) in [7, 11) is 1.85. The van der Waals surface area contributed by atoms with Gasteiger partial charge >= 0.3 is 0 Å². The molecule has 0 aliphatic carbocycles. The molecular formula is C27H23N5O. The van der Waals surface area contributed by atoms with E-state index in [2.05, 4.69) is 15.4 Å². The van der Waals surface area contributed by atoms with Gasteiger partial charge in [0, 0.05) is 18.8 Å². The molecule has 1 N–H and O–H groups in total. The van der Waals surface area contributed by atoms with Crippen molar-refractivity contribution in [3.63, 3.8) is 0 Å². The normalized spacial score (nSPS) is 11.9. The van der Waals surface area contributed by atoms with Gasteiger partial charge in [0.05, 0.1) is 34.1 Å². The molecule has 6 heteroatoms. The smallest absolute Gasteiger partial charge is 0.252 e. The third kappa shape index (κ3) is 3.99. The SMILES string of the molecule is Cc1nn(C)c2nc(-c3ccccc3)cc(C(=O)NC(c3ccccc3)c3ccccn3)c12. The molecule has 0 saturated heterocycles. The van der Waals surface area contributed by atoms with Crippen molar-refractivity contribution < 1.29 is 4.79 Å². The first-order chi connectivity index (χ1) is 16.1. The summed E-state index contributed by atoms with van der Waals surface area (Å²) < 4.78 is 1.72. The molecule has 33 heavy (non-hydrogen) atoms. The van der Waals surface area contributed by atoms with Crippen LogP contribution in [0, 0.1) is 6.92 Å². The predicted molar refractivity (Wildman–Crippen MR) is 129 cm³/mol. The van der Waals surface area contributed by atoms with E-state index in [0.717, 1.165) is 33.6 Å². The lowest BCUT2D eigenvalue weighted by Gasteiger charge is -2.19. The molecule has 0 saturated carbocycles. The van der Waals surface area contributed by atoms with E-state index in [1.807, 2.05) is 98.9 Å². The lowest BCUT2D eigenvalue weighted by Crippen LogP contribution is -2.30. The van der Waals surface area contributed by atoms with Crippen LogP contribution < -0.4 is 5.32 Å². The first-order valence-electron chi connectivity index (χ1n) is 10.8. The van der Waals surface area contributed by atoms with Gasteiger partial charge in [-0.2, -0.15) is 5.10 Å². The summed E-state index contributed by atoms with van der Waals surface area (Å²) in [5, 5.41) is 8.48. The summed E-state index contributed by atoms with van der Waals surface area (Å²) >= 11 is 0. The van der Waals surface area contributed by atoms with Crippen LogP contribution in [0.1, 0.15) is 33.4 Å². The topological polar surface area (TPSA) is 72.7 Å². The van der Waals surface area contributed by atoms with Crippen molar-refractivity contribution in [3.05, 3.63) is 114 Å². The second kappa shape index (κ2) is 8.67. The zero-order valence-electron chi connectivity index (χ0n) is 18.4. The van der Waals surface area contributed by atoms with E-state index in [9.17, 15) is 4.79 Å². The van der Waals surface area contributed by atoms with Crippen LogP contribution >= 0.6 is 0 Å². The molecule has 0 aliphatic rings. The van der Waals surface area contributed by atoms with Gasteiger partial charge in [-0.3, -0.25) is 14.5 Å². The number of aryl methyl sites for hydroxylation is 2. The molecular weight excluding hydrogens is 410 g/mol. The van der Waals surface area contributed by atoms with Crippen LogP contribution in [-0.4, -0.2) is 25.7 Å². The quantitative estimate of drug-likeness (QED) is 0.430. The first kappa shape index (κ1) is 20.6. The minimum absolute atomic E-state index is 0.199. The second-order valence-corrected chi connectivity index (χ2v) is 7.90. The molecule has 2 aromatic carbocycles. The summed E-state index contributed by atoms with van der Waals surface area (Å²) in [6.45, 7) is 1.90. The molecule has 1 amide bonds. The average molecular weight is 434 g/mol. The van der Waals surface area contributed by atoms with E-state index in [4.69, 9.17) is 4.98 Å². The van der Waals surface area contributed by atoms with Gasteiger partial charge in [0.2, 0.25) is 0 Å². The third-order valence-electron chi connectivity index (χ3n) is 5.67. The Bertz CT molecular complexity index is 1370. The molecule has 0 bridgehead atoms. The highest BCUT2D eigenvalue weighted by Crippen LogP contribution is 2.28. The van der Waals surface area contributed by atoms with E-state index < -0.39 is 0 Å². The number of aromatic nitrogens is 4. The van der Waals surface area contributed by atoms with Crippen LogP contribution in [0.3, 0.4) is 0 Å². The van der Waals surface area contributed by atoms with Crippen molar-refractivity contribution in [2.45, 2.75) is 13.0 Å². The van der Waals surface area contributed by atoms with E-state index in [1.54, 1.807) is 10.9 Å². The highest BCUT2D eigenvalue weighted by Gasteiger charge is 2.23. The van der Waals surface area contributed by atoms with Gasteiger partial charge in [0.25, 0.3) is 5.91 Å². The largest absolute Gasteiger partial charge is 0.340 e. The minimum Gasteiger partial charge on any atom is -0.340 e. The maximum atomic E-state index is 13.8. The van der Waals surface area contributed by atoms with Gasteiger partial charge in [-0.25, -0.2) is 4.98 Å². The Balaban J connectivity index is 1.62. The summed E-state index contributed by atoms with van der Waals surface area (Å²) in [5.74, 6) is -0.199. The Morgan fingerprint density at radius 2 is 1.64 bits per heavy atom. The molecule has 3 aromatic heterocycles. The molecule has 1 unspecified atom stereocenters. The number of carbonyl (C=O) groups is 1. The van der Waals surface area contributed by atoms with Crippen LogP contribution in [-0.2, 0) is 7.05 Å². The number of benzene rings is 2. The number of hydrogen-bond donors (Lipinski definition) is 1. The molecule has 162 valence electrons. The van der Waals surface area contributed by atoms with Gasteiger partial charge in [0.1, 0.15) is 0 Å². The van der Waals surface area contributed by atoms with Crippen molar-refractivity contribution in [2.24, 2.45) is 7.05 Å². The molecule has 5 aromatic rings. The maximum Gasteiger partial charge on any atom is 0.252 e. The van der Waals surface area contributed by atoms with Crippen molar-refractivity contribution in [3.8, 4) is 11.3 Å². The fraction of sp³-hybridized carbons (Fsp3) is 0.111. The van der Waals surface area contributed by atoms with Crippen molar-refractivity contribution >= 4 is 16.9 Å². The van der Waals surface area contributed by atoms with Gasteiger partial charge < -0.3 is 5.32 Å². The Labute approximate surface area is 192 Å². The molecule has 0 fully saturated rings. The number of amides is 1. The molecule has 0 spiro atoms. The maximum absolute atomic E-state index is 13.8. The Morgan fingerprint density at radius 1 is 0.939 bits per heavy atom. The highest BCUT2D eigenvalue weighted by molar-refractivity contribution is 6.07. The monoisotopic (exact) mass is 433 g/mol. The number of pyridine rings is 2. The first-order valence-corrected chi connectivity index (χ1v) is 10.8. The number of nitrogens with one attached hydrogen (secondary N) is 1. The molecule has 5 rings (SSSR count). The lowest BCUT2D eigenvalue weighted by molar-refractivity contribution is 0.0944. The van der Waals surface area contributed by atoms with Crippen LogP contribution in [0.2, 0.25) is 0 Å². The molecule has 6 nitrogen and oxygen atoms in total. The zero-order chi connectivity index (χ0) is 22.8. The van der Waals surface area contributed by atoms with Gasteiger partial charge in [-0.15, -0.1) is 0 Å². The lowest BCUT2D eigenvalue weighted by atomic mass is 10.0. The van der Waals surface area contributed by atoms with Crippen molar-refractivity contribution in [1.29, 1.82) is 0 Å².